The summed E-state index contributed by atoms with van der Waals surface area (Å²) in [5, 5.41) is 5.99. The number of alkyl halides is 3. The average Bonchev–Trinajstić information content (AvgIpc) is 3.59. The summed E-state index contributed by atoms with van der Waals surface area (Å²) in [6.07, 6.45) is -5.52. The lowest BCUT2D eigenvalue weighted by Gasteiger charge is -2.20. The number of carbonyl (C=O) groups excluding carboxylic acids is 1. The van der Waals surface area contributed by atoms with Crippen molar-refractivity contribution in [2.45, 2.75) is 51.4 Å². The van der Waals surface area contributed by atoms with Gasteiger partial charge in [0.05, 0.1) is 5.56 Å². The molecule has 1 amide bonds. The lowest BCUT2D eigenvalue weighted by molar-refractivity contribution is -0.189. The third-order valence-electron chi connectivity index (χ3n) is 5.60. The van der Waals surface area contributed by atoms with Gasteiger partial charge in [-0.1, -0.05) is 13.0 Å². The van der Waals surface area contributed by atoms with E-state index in [2.05, 4.69) is 5.10 Å². The van der Waals surface area contributed by atoms with Crippen LogP contribution in [0.25, 0.3) is 5.69 Å². The Hall–Kier alpha value is -3.77. The molecule has 13 heteroatoms. The molecule has 7 nitrogen and oxygen atoms in total. The van der Waals surface area contributed by atoms with Gasteiger partial charge in [-0.05, 0) is 38.0 Å². The number of amides is 1. The zero-order valence-corrected chi connectivity index (χ0v) is 19.0. The molecule has 1 atom stereocenters. The quantitative estimate of drug-likeness (QED) is 0.454. The van der Waals surface area contributed by atoms with E-state index >= 15 is 4.39 Å². The molecule has 3 aromatic rings. The smallest absolute Gasteiger partial charge is 0.425 e. The molecular formula is C23H20F6N4O3. The summed E-state index contributed by atoms with van der Waals surface area (Å²) in [4.78, 5) is 25.7. The first-order chi connectivity index (χ1) is 16.9. The number of anilines is 1. The monoisotopic (exact) mass is 514 g/mol. The van der Waals surface area contributed by atoms with Crippen LogP contribution in [-0.4, -0.2) is 32.5 Å². The largest absolute Gasteiger partial charge is 0.480 e. The Labute approximate surface area is 200 Å². The first-order valence-corrected chi connectivity index (χ1v) is 11.0. The van der Waals surface area contributed by atoms with Crippen LogP contribution < -0.4 is 15.7 Å². The lowest BCUT2D eigenvalue weighted by atomic mass is 10.1. The summed E-state index contributed by atoms with van der Waals surface area (Å²) in [6, 6.07) is 3.88. The molecule has 0 aliphatic heterocycles. The Morgan fingerprint density at radius 3 is 2.36 bits per heavy atom. The maximum absolute atomic E-state index is 15.2. The molecule has 0 bridgehead atoms. The highest BCUT2D eigenvalue weighted by atomic mass is 19.4. The molecule has 1 saturated carbocycles. The molecule has 1 fully saturated rings. The molecule has 4 rings (SSSR count). The molecule has 0 saturated heterocycles. The van der Waals surface area contributed by atoms with Crippen molar-refractivity contribution in [3.63, 3.8) is 0 Å². The lowest BCUT2D eigenvalue weighted by Crippen LogP contribution is -2.32. The number of hydrogen-bond donors (Lipinski definition) is 1. The van der Waals surface area contributed by atoms with Crippen LogP contribution in [0.5, 0.6) is 5.75 Å². The number of nitrogens with zero attached hydrogens (tertiary/aromatic N) is 3. The first-order valence-electron chi connectivity index (χ1n) is 11.0. The van der Waals surface area contributed by atoms with Gasteiger partial charge in [0.25, 0.3) is 5.91 Å². The minimum atomic E-state index is -4.86. The maximum atomic E-state index is 15.2. The summed E-state index contributed by atoms with van der Waals surface area (Å²) < 4.78 is 89.8. The van der Waals surface area contributed by atoms with Gasteiger partial charge in [0.1, 0.15) is 40.4 Å². The summed E-state index contributed by atoms with van der Waals surface area (Å²) >= 11 is 0. The number of para-hydroxylation sites is 1. The molecule has 0 spiro atoms. The maximum Gasteiger partial charge on any atom is 0.425 e. The molecule has 0 unspecified atom stereocenters. The van der Waals surface area contributed by atoms with E-state index in [9.17, 15) is 31.5 Å². The van der Waals surface area contributed by atoms with Gasteiger partial charge in [-0.25, -0.2) is 18.0 Å². The van der Waals surface area contributed by atoms with Crippen LogP contribution in [0.15, 0.2) is 35.1 Å². The topological polar surface area (TPSA) is 78.2 Å². The first kappa shape index (κ1) is 25.3. The van der Waals surface area contributed by atoms with E-state index in [0.29, 0.717) is 29.9 Å². The van der Waals surface area contributed by atoms with E-state index in [-0.39, 0.29) is 6.04 Å². The minimum Gasteiger partial charge on any atom is -0.480 e. The van der Waals surface area contributed by atoms with E-state index in [1.54, 1.807) is 6.92 Å². The summed E-state index contributed by atoms with van der Waals surface area (Å²) in [7, 11) is 0. The highest BCUT2D eigenvalue weighted by Gasteiger charge is 2.39. The number of halogens is 6. The van der Waals surface area contributed by atoms with Crippen LogP contribution in [0, 0.1) is 17.5 Å². The fraction of sp³-hybridized carbons (Fsp3) is 0.348. The molecular weight excluding hydrogens is 494 g/mol. The van der Waals surface area contributed by atoms with E-state index in [4.69, 9.17) is 4.74 Å². The van der Waals surface area contributed by atoms with Gasteiger partial charge in [0, 0.05) is 18.5 Å². The molecule has 1 aliphatic rings. The number of hydrogen-bond acceptors (Lipinski definition) is 4. The zero-order chi connectivity index (χ0) is 26.4. The predicted molar refractivity (Wildman–Crippen MR) is 116 cm³/mol. The van der Waals surface area contributed by atoms with Gasteiger partial charge < -0.3 is 10.1 Å². The second-order valence-electron chi connectivity index (χ2n) is 8.22. The van der Waals surface area contributed by atoms with Crippen molar-refractivity contribution >= 4 is 11.6 Å². The summed E-state index contributed by atoms with van der Waals surface area (Å²) in [5.74, 6) is -5.25. The molecule has 1 N–H and O–H groups in total. The van der Waals surface area contributed by atoms with Gasteiger partial charge in [0.15, 0.2) is 6.10 Å². The van der Waals surface area contributed by atoms with E-state index in [1.807, 2.05) is 5.32 Å². The van der Waals surface area contributed by atoms with Crippen LogP contribution in [-0.2, 0) is 6.42 Å². The SMILES string of the molecule is CCc1nn(-c2cc(O[C@@H](C)C(F)(F)F)c(C(=O)Nc3c(F)cccc3F)cc2F)c(=O)n1C1CC1. The molecule has 0 radical (unpaired) electrons. The molecule has 1 aromatic heterocycles. The number of benzene rings is 2. The minimum absolute atomic E-state index is 0.106. The Balaban J connectivity index is 1.82. The second kappa shape index (κ2) is 9.36. The molecule has 1 heterocycles. The molecule has 36 heavy (non-hydrogen) atoms. The van der Waals surface area contributed by atoms with Crippen LogP contribution >= 0.6 is 0 Å². The van der Waals surface area contributed by atoms with Crippen LogP contribution in [0.3, 0.4) is 0 Å². The normalized spacial score (nSPS) is 14.6. The van der Waals surface area contributed by atoms with Crippen molar-refractivity contribution in [1.82, 2.24) is 14.3 Å². The van der Waals surface area contributed by atoms with E-state index < -0.39 is 64.0 Å². The van der Waals surface area contributed by atoms with Crippen molar-refractivity contribution in [3.8, 4) is 11.4 Å². The fourth-order valence-electron chi connectivity index (χ4n) is 3.55. The Morgan fingerprint density at radius 1 is 1.17 bits per heavy atom. The number of carbonyl (C=O) groups is 1. The van der Waals surface area contributed by atoms with Crippen LogP contribution in [0.1, 0.15) is 48.9 Å². The van der Waals surface area contributed by atoms with Gasteiger partial charge in [0.2, 0.25) is 0 Å². The van der Waals surface area contributed by atoms with E-state index in [0.717, 1.165) is 37.1 Å². The summed E-state index contributed by atoms with van der Waals surface area (Å²) in [5.41, 5.74) is -2.91. The van der Waals surface area contributed by atoms with Crippen molar-refractivity contribution in [1.29, 1.82) is 0 Å². The Morgan fingerprint density at radius 2 is 1.81 bits per heavy atom. The third-order valence-corrected chi connectivity index (χ3v) is 5.60. The third kappa shape index (κ3) is 4.82. The van der Waals surface area contributed by atoms with Gasteiger partial charge in [-0.2, -0.15) is 17.9 Å². The molecule has 2 aromatic carbocycles. The highest BCUT2D eigenvalue weighted by Crippen LogP contribution is 2.35. The van der Waals surface area contributed by atoms with E-state index in [1.165, 1.54) is 4.57 Å². The van der Waals surface area contributed by atoms with Crippen molar-refractivity contribution < 1.29 is 35.9 Å². The summed E-state index contributed by atoms with van der Waals surface area (Å²) in [6.45, 7) is 2.39. The number of rotatable bonds is 7. The Kier molecular flexibility index (Phi) is 6.58. The standard InChI is InChI=1S/C23H20F6N4O3/c1-3-19-31-33(22(35)32(19)12-7-8-12)17-10-18(36-11(2)23(27,28)29)13(9-16(17)26)21(34)30-20-14(24)5-4-6-15(20)25/h4-6,9-12H,3,7-8H2,1-2H3,(H,30,34)/t11-/m0/s1. The molecule has 192 valence electrons. The highest BCUT2D eigenvalue weighted by molar-refractivity contribution is 6.06. The van der Waals surface area contributed by atoms with Gasteiger partial charge >= 0.3 is 11.9 Å². The van der Waals surface area contributed by atoms with Crippen molar-refractivity contribution in [3.05, 3.63) is 69.7 Å². The Bertz CT molecular complexity index is 1360. The zero-order valence-electron chi connectivity index (χ0n) is 19.0. The average molecular weight is 514 g/mol. The van der Waals surface area contributed by atoms with Crippen molar-refractivity contribution in [2.24, 2.45) is 0 Å². The number of aromatic nitrogens is 3. The number of aryl methyl sites for hydroxylation is 1. The van der Waals surface area contributed by atoms with Gasteiger partial charge in [-0.15, -0.1) is 5.10 Å². The van der Waals surface area contributed by atoms with Crippen LogP contribution in [0.4, 0.5) is 32.0 Å². The van der Waals surface area contributed by atoms with Crippen molar-refractivity contribution in [2.75, 3.05) is 5.32 Å². The number of ether oxygens (including phenoxy) is 1. The van der Waals surface area contributed by atoms with Gasteiger partial charge in [-0.3, -0.25) is 9.36 Å². The second-order valence-corrected chi connectivity index (χ2v) is 8.22. The molecule has 1 aliphatic carbocycles. The predicted octanol–water partition coefficient (Wildman–Crippen LogP) is 4.93. The fourth-order valence-corrected chi connectivity index (χ4v) is 3.55. The van der Waals surface area contributed by atoms with Crippen LogP contribution in [0.2, 0.25) is 0 Å². The number of nitrogens with one attached hydrogen (secondary N) is 1.